The van der Waals surface area contributed by atoms with Crippen LogP contribution >= 0.6 is 0 Å². The SMILES string of the molecule is CN(C)c1ccc(C=CC2=CC(=CC#N)CC(C)(C)C2)cc1. The second-order valence-electron chi connectivity index (χ2n) is 6.90. The van der Waals surface area contributed by atoms with Crippen LogP contribution in [0.3, 0.4) is 0 Å². The van der Waals surface area contributed by atoms with Crippen LogP contribution in [0.1, 0.15) is 32.3 Å². The van der Waals surface area contributed by atoms with E-state index in [2.05, 4.69) is 67.3 Å². The van der Waals surface area contributed by atoms with Crippen LogP contribution in [0.25, 0.3) is 6.08 Å². The molecule has 1 aromatic rings. The lowest BCUT2D eigenvalue weighted by Gasteiger charge is -2.30. The Labute approximate surface area is 134 Å². The number of hydrogen-bond acceptors (Lipinski definition) is 2. The van der Waals surface area contributed by atoms with Crippen molar-refractivity contribution in [2.45, 2.75) is 26.7 Å². The summed E-state index contributed by atoms with van der Waals surface area (Å²) in [5.41, 5.74) is 5.03. The van der Waals surface area contributed by atoms with E-state index in [9.17, 15) is 0 Å². The molecule has 0 unspecified atom stereocenters. The zero-order chi connectivity index (χ0) is 16.2. The third-order valence-corrected chi connectivity index (χ3v) is 3.89. The van der Waals surface area contributed by atoms with E-state index < -0.39 is 0 Å². The van der Waals surface area contributed by atoms with E-state index in [1.54, 1.807) is 6.08 Å². The van der Waals surface area contributed by atoms with Crippen LogP contribution in [-0.4, -0.2) is 14.1 Å². The normalized spacial score (nSPS) is 19.0. The fourth-order valence-corrected chi connectivity index (χ4v) is 2.88. The summed E-state index contributed by atoms with van der Waals surface area (Å²) in [6.07, 6.45) is 10.2. The van der Waals surface area contributed by atoms with Crippen molar-refractivity contribution in [2.75, 3.05) is 19.0 Å². The summed E-state index contributed by atoms with van der Waals surface area (Å²) < 4.78 is 0. The van der Waals surface area contributed by atoms with Gasteiger partial charge in [0.15, 0.2) is 0 Å². The van der Waals surface area contributed by atoms with Crippen molar-refractivity contribution in [1.29, 1.82) is 5.26 Å². The van der Waals surface area contributed by atoms with Gasteiger partial charge in [-0.05, 0) is 47.1 Å². The van der Waals surface area contributed by atoms with Crippen molar-refractivity contribution in [1.82, 2.24) is 0 Å². The van der Waals surface area contributed by atoms with Gasteiger partial charge in [-0.25, -0.2) is 0 Å². The molecule has 1 aromatic carbocycles. The summed E-state index contributed by atoms with van der Waals surface area (Å²) >= 11 is 0. The zero-order valence-electron chi connectivity index (χ0n) is 13.9. The third kappa shape index (κ3) is 4.36. The lowest BCUT2D eigenvalue weighted by Crippen LogP contribution is -2.16. The third-order valence-electron chi connectivity index (χ3n) is 3.89. The molecular weight excluding hydrogens is 268 g/mol. The number of nitriles is 1. The molecule has 0 saturated heterocycles. The lowest BCUT2D eigenvalue weighted by molar-refractivity contribution is 0.355. The number of benzene rings is 1. The van der Waals surface area contributed by atoms with E-state index in [1.165, 1.54) is 16.8 Å². The Hall–Kier alpha value is -2.27. The molecule has 2 nitrogen and oxygen atoms in total. The molecular formula is C20H24N2. The predicted molar refractivity (Wildman–Crippen MR) is 94.6 cm³/mol. The molecule has 0 N–H and O–H groups in total. The van der Waals surface area contributed by atoms with E-state index in [4.69, 9.17) is 5.26 Å². The van der Waals surface area contributed by atoms with Gasteiger partial charge in [0.05, 0.1) is 6.07 Å². The van der Waals surface area contributed by atoms with E-state index in [0.717, 1.165) is 18.4 Å². The van der Waals surface area contributed by atoms with Crippen LogP contribution in [0.5, 0.6) is 0 Å². The summed E-state index contributed by atoms with van der Waals surface area (Å²) in [7, 11) is 4.09. The summed E-state index contributed by atoms with van der Waals surface area (Å²) in [5.74, 6) is 0. The number of rotatable bonds is 3. The van der Waals surface area contributed by atoms with Crippen molar-refractivity contribution < 1.29 is 0 Å². The Balaban J connectivity index is 2.18. The van der Waals surface area contributed by atoms with Crippen LogP contribution in [0.15, 0.2) is 53.6 Å². The first-order chi connectivity index (χ1) is 10.4. The minimum absolute atomic E-state index is 0.214. The molecule has 0 atom stereocenters. The topological polar surface area (TPSA) is 27.0 Å². The fraction of sp³-hybridized carbons (Fsp3) is 0.350. The monoisotopic (exact) mass is 292 g/mol. The molecule has 0 radical (unpaired) electrons. The van der Waals surface area contributed by atoms with Gasteiger partial charge in [-0.3, -0.25) is 0 Å². The van der Waals surface area contributed by atoms with Crippen molar-refractivity contribution in [3.8, 4) is 6.07 Å². The standard InChI is InChI=1S/C20H24N2/c1-20(2)14-17(13-18(15-20)11-12-21)6-5-16-7-9-19(10-8-16)22(3)4/h5-11,13H,14-15H2,1-4H3. The second-order valence-corrected chi connectivity index (χ2v) is 6.90. The molecule has 2 heteroatoms. The van der Waals surface area contributed by atoms with E-state index in [-0.39, 0.29) is 5.41 Å². The van der Waals surface area contributed by atoms with Gasteiger partial charge >= 0.3 is 0 Å². The van der Waals surface area contributed by atoms with Gasteiger partial charge in [0.1, 0.15) is 0 Å². The predicted octanol–water partition coefficient (Wildman–Crippen LogP) is 4.96. The van der Waals surface area contributed by atoms with Gasteiger partial charge in [-0.2, -0.15) is 5.26 Å². The second kappa shape index (κ2) is 6.66. The number of allylic oxidation sites excluding steroid dienone is 5. The van der Waals surface area contributed by atoms with Gasteiger partial charge in [0.25, 0.3) is 0 Å². The molecule has 0 aromatic heterocycles. The van der Waals surface area contributed by atoms with Crippen LogP contribution in [0, 0.1) is 16.7 Å². The molecule has 114 valence electrons. The Morgan fingerprint density at radius 3 is 2.36 bits per heavy atom. The fourth-order valence-electron chi connectivity index (χ4n) is 2.88. The molecule has 0 saturated carbocycles. The molecule has 1 aliphatic rings. The maximum Gasteiger partial charge on any atom is 0.0914 e. The summed E-state index contributed by atoms with van der Waals surface area (Å²) in [4.78, 5) is 2.10. The van der Waals surface area contributed by atoms with Crippen LogP contribution in [-0.2, 0) is 0 Å². The molecule has 0 aliphatic heterocycles. The van der Waals surface area contributed by atoms with Crippen molar-refractivity contribution >= 4 is 11.8 Å². The average molecular weight is 292 g/mol. The highest BCUT2D eigenvalue weighted by atomic mass is 15.1. The highest BCUT2D eigenvalue weighted by molar-refractivity contribution is 5.58. The van der Waals surface area contributed by atoms with Crippen LogP contribution in [0.4, 0.5) is 5.69 Å². The Bertz CT molecular complexity index is 650. The minimum Gasteiger partial charge on any atom is -0.378 e. The Morgan fingerprint density at radius 2 is 1.77 bits per heavy atom. The van der Waals surface area contributed by atoms with E-state index in [0.29, 0.717) is 0 Å². The first-order valence-electron chi connectivity index (χ1n) is 7.64. The van der Waals surface area contributed by atoms with E-state index in [1.807, 2.05) is 14.1 Å². The van der Waals surface area contributed by atoms with Gasteiger partial charge in [-0.1, -0.05) is 44.2 Å². The van der Waals surface area contributed by atoms with Gasteiger partial charge in [0.2, 0.25) is 0 Å². The first-order valence-corrected chi connectivity index (χ1v) is 7.64. The Morgan fingerprint density at radius 1 is 1.09 bits per heavy atom. The van der Waals surface area contributed by atoms with Gasteiger partial charge in [0, 0.05) is 25.9 Å². The van der Waals surface area contributed by atoms with E-state index >= 15 is 0 Å². The Kier molecular flexibility index (Phi) is 4.88. The molecule has 22 heavy (non-hydrogen) atoms. The molecule has 2 rings (SSSR count). The zero-order valence-corrected chi connectivity index (χ0v) is 13.9. The van der Waals surface area contributed by atoms with Crippen LogP contribution < -0.4 is 4.90 Å². The van der Waals surface area contributed by atoms with Crippen molar-refractivity contribution in [3.63, 3.8) is 0 Å². The average Bonchev–Trinajstić information content (AvgIpc) is 2.44. The molecule has 0 fully saturated rings. The largest absolute Gasteiger partial charge is 0.378 e. The highest BCUT2D eigenvalue weighted by Gasteiger charge is 2.24. The summed E-state index contributed by atoms with van der Waals surface area (Å²) in [5, 5.41) is 8.88. The minimum atomic E-state index is 0.214. The molecule has 0 spiro atoms. The van der Waals surface area contributed by atoms with Crippen LogP contribution in [0.2, 0.25) is 0 Å². The summed E-state index contributed by atoms with van der Waals surface area (Å²) in [6, 6.07) is 10.7. The van der Waals surface area contributed by atoms with Gasteiger partial charge in [-0.15, -0.1) is 0 Å². The molecule has 0 bridgehead atoms. The quantitative estimate of drug-likeness (QED) is 0.736. The molecule has 0 heterocycles. The highest BCUT2D eigenvalue weighted by Crippen LogP contribution is 2.38. The van der Waals surface area contributed by atoms with Gasteiger partial charge < -0.3 is 4.90 Å². The first kappa shape index (κ1) is 16.1. The number of anilines is 1. The maximum atomic E-state index is 8.88. The summed E-state index contributed by atoms with van der Waals surface area (Å²) in [6.45, 7) is 4.51. The lowest BCUT2D eigenvalue weighted by atomic mass is 9.75. The smallest absolute Gasteiger partial charge is 0.0914 e. The number of nitrogens with zero attached hydrogens (tertiary/aromatic N) is 2. The van der Waals surface area contributed by atoms with Crippen molar-refractivity contribution in [2.24, 2.45) is 5.41 Å². The number of hydrogen-bond donors (Lipinski definition) is 0. The maximum absolute atomic E-state index is 8.88. The molecule has 1 aliphatic carbocycles. The van der Waals surface area contributed by atoms with Crippen molar-refractivity contribution in [3.05, 3.63) is 59.2 Å². The molecule has 0 amide bonds.